The minimum atomic E-state index is -0.225. The molecular formula is C12H16O2Si. The Morgan fingerprint density at radius 3 is 2.40 bits per heavy atom. The highest BCUT2D eigenvalue weighted by Crippen LogP contribution is 2.19. The molecule has 0 heterocycles. The van der Waals surface area contributed by atoms with Crippen LogP contribution in [0.5, 0.6) is 0 Å². The van der Waals surface area contributed by atoms with Gasteiger partial charge in [-0.3, -0.25) is 4.79 Å². The predicted molar refractivity (Wildman–Crippen MR) is 62.3 cm³/mol. The summed E-state index contributed by atoms with van der Waals surface area (Å²) in [5, 5.41) is 1.11. The zero-order valence-corrected chi connectivity index (χ0v) is 10.6. The van der Waals surface area contributed by atoms with E-state index in [1.165, 1.54) is 12.5 Å². The van der Waals surface area contributed by atoms with Gasteiger partial charge in [0.05, 0.1) is 0 Å². The summed E-state index contributed by atoms with van der Waals surface area (Å²) in [6.45, 7) is 7.91. The van der Waals surface area contributed by atoms with E-state index in [2.05, 4.69) is 26.8 Å². The van der Waals surface area contributed by atoms with Gasteiger partial charge in [0, 0.05) is 6.92 Å². The Morgan fingerprint density at radius 1 is 1.27 bits per heavy atom. The van der Waals surface area contributed by atoms with Crippen molar-refractivity contribution in [3.8, 4) is 0 Å². The Bertz CT molecular complexity index is 353. The molecule has 2 radical (unpaired) electrons. The van der Waals surface area contributed by atoms with E-state index in [0.717, 1.165) is 5.19 Å². The van der Waals surface area contributed by atoms with Gasteiger partial charge in [-0.15, -0.1) is 0 Å². The third-order valence-corrected chi connectivity index (χ3v) is 3.09. The van der Waals surface area contributed by atoms with Crippen LogP contribution < -0.4 is 5.19 Å². The average molecular weight is 220 g/mol. The summed E-state index contributed by atoms with van der Waals surface area (Å²) in [7, 11) is 0.108. The molecule has 3 heteroatoms. The summed E-state index contributed by atoms with van der Waals surface area (Å²) in [4.78, 5) is 10.8. The van der Waals surface area contributed by atoms with Crippen molar-refractivity contribution in [2.24, 2.45) is 0 Å². The normalized spacial score (nSPS) is 11.2. The Balaban J connectivity index is 2.92. The number of carbonyl (C=O) groups is 1. The predicted octanol–water partition coefficient (Wildman–Crippen LogP) is 1.79. The molecule has 0 spiro atoms. The second-order valence-electron chi connectivity index (χ2n) is 4.49. The molecular weight excluding hydrogens is 204 g/mol. The fourth-order valence-electron chi connectivity index (χ4n) is 1.35. The molecule has 0 saturated carbocycles. The number of hydrogen-bond donors (Lipinski definition) is 0. The molecule has 0 amide bonds. The lowest BCUT2D eigenvalue weighted by molar-refractivity contribution is -0.131. The molecule has 1 aromatic carbocycles. The van der Waals surface area contributed by atoms with Crippen LogP contribution in [0.3, 0.4) is 0 Å². The Labute approximate surface area is 93.6 Å². The molecule has 0 N–H and O–H groups in total. The van der Waals surface area contributed by atoms with Crippen molar-refractivity contribution in [2.75, 3.05) is 0 Å². The van der Waals surface area contributed by atoms with Crippen LogP contribution in [0.2, 0.25) is 0 Å². The molecule has 1 aromatic rings. The number of rotatable bonds is 2. The molecule has 1 rings (SSSR count). The van der Waals surface area contributed by atoms with Gasteiger partial charge in [0.25, 0.3) is 5.97 Å². The lowest BCUT2D eigenvalue weighted by Crippen LogP contribution is -2.29. The van der Waals surface area contributed by atoms with Crippen molar-refractivity contribution in [3.63, 3.8) is 0 Å². The maximum absolute atomic E-state index is 10.8. The number of carbonyl (C=O) groups excluding carboxylic acids is 1. The first-order chi connectivity index (χ1) is 6.91. The Morgan fingerprint density at radius 2 is 1.87 bits per heavy atom. The van der Waals surface area contributed by atoms with Crippen LogP contribution in [-0.4, -0.2) is 15.7 Å². The lowest BCUT2D eigenvalue weighted by atomic mass is 9.87. The maximum atomic E-state index is 10.8. The van der Waals surface area contributed by atoms with Crippen LogP contribution in [0.25, 0.3) is 0 Å². The highest BCUT2D eigenvalue weighted by Gasteiger charge is 2.18. The third-order valence-electron chi connectivity index (χ3n) is 2.04. The van der Waals surface area contributed by atoms with Gasteiger partial charge in [-0.05, 0) is 16.2 Å². The van der Waals surface area contributed by atoms with E-state index >= 15 is 0 Å². The van der Waals surface area contributed by atoms with Crippen molar-refractivity contribution in [3.05, 3.63) is 29.8 Å². The first kappa shape index (κ1) is 12.0. The average Bonchev–Trinajstić information content (AvgIpc) is 2.13. The van der Waals surface area contributed by atoms with Gasteiger partial charge >= 0.3 is 9.76 Å². The molecule has 15 heavy (non-hydrogen) atoms. The van der Waals surface area contributed by atoms with E-state index in [9.17, 15) is 4.79 Å². The number of benzene rings is 1. The lowest BCUT2D eigenvalue weighted by Gasteiger charge is -2.22. The smallest absolute Gasteiger partial charge is 0.355 e. The molecule has 0 unspecified atom stereocenters. The second kappa shape index (κ2) is 4.62. The molecule has 0 aliphatic carbocycles. The van der Waals surface area contributed by atoms with Crippen molar-refractivity contribution < 1.29 is 9.22 Å². The number of hydrogen-bond acceptors (Lipinski definition) is 2. The van der Waals surface area contributed by atoms with Crippen molar-refractivity contribution >= 4 is 20.9 Å². The molecule has 0 aliphatic heterocycles. The van der Waals surface area contributed by atoms with Gasteiger partial charge in [0.2, 0.25) is 0 Å². The molecule has 80 valence electrons. The molecule has 2 nitrogen and oxygen atoms in total. The van der Waals surface area contributed by atoms with Gasteiger partial charge in [-0.2, -0.15) is 0 Å². The van der Waals surface area contributed by atoms with Gasteiger partial charge in [0.15, 0.2) is 0 Å². The molecule has 0 atom stereocenters. The minimum absolute atomic E-state index is 0.0870. The topological polar surface area (TPSA) is 26.3 Å². The largest absolute Gasteiger partial charge is 0.511 e. The van der Waals surface area contributed by atoms with E-state index in [-0.39, 0.29) is 21.1 Å². The fraction of sp³-hybridized carbons (Fsp3) is 0.417. The first-order valence-corrected chi connectivity index (χ1v) is 5.85. The highest BCUT2D eigenvalue weighted by molar-refractivity contribution is 6.49. The van der Waals surface area contributed by atoms with Crippen LogP contribution in [0.1, 0.15) is 33.3 Å². The van der Waals surface area contributed by atoms with Crippen molar-refractivity contribution in [1.82, 2.24) is 0 Å². The molecule has 0 aliphatic rings. The summed E-state index contributed by atoms with van der Waals surface area (Å²) in [5.41, 5.74) is 1.33. The van der Waals surface area contributed by atoms with Crippen molar-refractivity contribution in [2.45, 2.75) is 33.1 Å². The summed E-state index contributed by atoms with van der Waals surface area (Å²) in [6, 6.07) is 8.09. The van der Waals surface area contributed by atoms with E-state index in [0.29, 0.717) is 0 Å². The Kier molecular flexibility index (Phi) is 3.69. The third kappa shape index (κ3) is 3.51. The van der Waals surface area contributed by atoms with Gasteiger partial charge in [-0.25, -0.2) is 0 Å². The van der Waals surface area contributed by atoms with Crippen LogP contribution in [0.15, 0.2) is 24.3 Å². The highest BCUT2D eigenvalue weighted by atomic mass is 28.2. The quantitative estimate of drug-likeness (QED) is 0.710. The SMILES string of the molecule is CC(=O)O[Si]c1ccccc1C(C)(C)C. The van der Waals surface area contributed by atoms with Gasteiger partial charge in [-0.1, -0.05) is 45.0 Å². The fourth-order valence-corrected chi connectivity index (χ4v) is 2.34. The van der Waals surface area contributed by atoms with E-state index in [1.54, 1.807) is 0 Å². The van der Waals surface area contributed by atoms with Crippen LogP contribution in [0, 0.1) is 0 Å². The summed E-state index contributed by atoms with van der Waals surface area (Å²) in [5.74, 6) is -0.225. The molecule has 0 fully saturated rings. The van der Waals surface area contributed by atoms with Crippen LogP contribution in [-0.2, 0) is 14.6 Å². The summed E-state index contributed by atoms with van der Waals surface area (Å²) < 4.78 is 5.05. The van der Waals surface area contributed by atoms with Gasteiger partial charge in [0.1, 0.15) is 0 Å². The summed E-state index contributed by atoms with van der Waals surface area (Å²) >= 11 is 0. The van der Waals surface area contributed by atoms with Crippen molar-refractivity contribution in [1.29, 1.82) is 0 Å². The maximum Gasteiger partial charge on any atom is 0.355 e. The zero-order chi connectivity index (χ0) is 11.5. The first-order valence-electron chi connectivity index (χ1n) is 4.94. The second-order valence-corrected chi connectivity index (χ2v) is 5.44. The molecule has 0 bridgehead atoms. The molecule has 0 aromatic heterocycles. The standard InChI is InChI=1S/C12H16O2Si/c1-9(13)14-15-11-8-6-5-7-10(11)12(2,3)4/h5-8H,1-4H3. The summed E-state index contributed by atoms with van der Waals surface area (Å²) in [6.07, 6.45) is 0. The minimum Gasteiger partial charge on any atom is -0.511 e. The van der Waals surface area contributed by atoms with E-state index in [1.807, 2.05) is 18.2 Å². The van der Waals surface area contributed by atoms with E-state index in [4.69, 9.17) is 4.43 Å². The van der Waals surface area contributed by atoms with Crippen LogP contribution >= 0.6 is 0 Å². The Hall–Kier alpha value is -1.09. The van der Waals surface area contributed by atoms with Gasteiger partial charge < -0.3 is 4.43 Å². The van der Waals surface area contributed by atoms with Crippen LogP contribution in [0.4, 0.5) is 0 Å². The zero-order valence-electron chi connectivity index (χ0n) is 9.63. The molecule has 0 saturated heterocycles. The van der Waals surface area contributed by atoms with E-state index < -0.39 is 0 Å². The monoisotopic (exact) mass is 220 g/mol.